The van der Waals surface area contributed by atoms with Crippen LogP contribution in [0.5, 0.6) is 5.75 Å². The maximum atomic E-state index is 5.74. The van der Waals surface area contributed by atoms with E-state index in [1.165, 1.54) is 5.56 Å². The average Bonchev–Trinajstić information content (AvgIpc) is 2.99. The van der Waals surface area contributed by atoms with E-state index in [2.05, 4.69) is 36.3 Å². The standard InChI is InChI=1S/C16H23N3O/c1-3-16(18-4-2)14-5-7-15(8-6-14)20-12-11-19-10-9-17-13-19/h5-10,13,16,18H,3-4,11-12H2,1-2H3. The molecule has 108 valence electrons. The highest BCUT2D eigenvalue weighted by atomic mass is 16.5. The van der Waals surface area contributed by atoms with E-state index in [-0.39, 0.29) is 0 Å². The highest BCUT2D eigenvalue weighted by Crippen LogP contribution is 2.20. The molecule has 1 aromatic heterocycles. The van der Waals surface area contributed by atoms with Crippen molar-refractivity contribution in [3.8, 4) is 5.75 Å². The molecule has 0 radical (unpaired) electrons. The summed E-state index contributed by atoms with van der Waals surface area (Å²) < 4.78 is 7.75. The number of benzene rings is 1. The van der Waals surface area contributed by atoms with Crippen LogP contribution in [0.25, 0.3) is 0 Å². The van der Waals surface area contributed by atoms with Crippen molar-refractivity contribution in [1.29, 1.82) is 0 Å². The first-order valence-corrected chi connectivity index (χ1v) is 7.25. The lowest BCUT2D eigenvalue weighted by molar-refractivity contribution is 0.298. The van der Waals surface area contributed by atoms with Gasteiger partial charge in [-0.25, -0.2) is 4.98 Å². The van der Waals surface area contributed by atoms with Crippen LogP contribution in [-0.4, -0.2) is 22.7 Å². The minimum absolute atomic E-state index is 0.431. The van der Waals surface area contributed by atoms with Crippen molar-refractivity contribution < 1.29 is 4.74 Å². The Morgan fingerprint density at radius 1 is 1.25 bits per heavy atom. The number of hydrogen-bond acceptors (Lipinski definition) is 3. The molecular formula is C16H23N3O. The third-order valence-electron chi connectivity index (χ3n) is 3.32. The van der Waals surface area contributed by atoms with Crippen molar-refractivity contribution in [3.05, 3.63) is 48.5 Å². The van der Waals surface area contributed by atoms with Crippen LogP contribution in [0.2, 0.25) is 0 Å². The van der Waals surface area contributed by atoms with E-state index < -0.39 is 0 Å². The maximum Gasteiger partial charge on any atom is 0.119 e. The molecule has 0 spiro atoms. The topological polar surface area (TPSA) is 39.1 Å². The van der Waals surface area contributed by atoms with E-state index in [1.54, 1.807) is 12.5 Å². The van der Waals surface area contributed by atoms with E-state index >= 15 is 0 Å². The summed E-state index contributed by atoms with van der Waals surface area (Å²) in [5, 5.41) is 3.48. The van der Waals surface area contributed by atoms with Crippen LogP contribution < -0.4 is 10.1 Å². The number of aromatic nitrogens is 2. The summed E-state index contributed by atoms with van der Waals surface area (Å²) in [6, 6.07) is 8.80. The molecule has 0 saturated heterocycles. The Bertz CT molecular complexity index is 479. The van der Waals surface area contributed by atoms with Crippen molar-refractivity contribution in [3.63, 3.8) is 0 Å². The molecule has 0 amide bonds. The molecule has 4 heteroatoms. The normalized spacial score (nSPS) is 12.3. The summed E-state index contributed by atoms with van der Waals surface area (Å²) in [7, 11) is 0. The minimum Gasteiger partial charge on any atom is -0.492 e. The molecule has 0 aliphatic carbocycles. The van der Waals surface area contributed by atoms with Gasteiger partial charge >= 0.3 is 0 Å². The van der Waals surface area contributed by atoms with E-state index in [4.69, 9.17) is 4.74 Å². The minimum atomic E-state index is 0.431. The largest absolute Gasteiger partial charge is 0.492 e. The van der Waals surface area contributed by atoms with Crippen LogP contribution in [0.1, 0.15) is 31.9 Å². The number of imidazole rings is 1. The van der Waals surface area contributed by atoms with Gasteiger partial charge in [-0.3, -0.25) is 0 Å². The van der Waals surface area contributed by atoms with E-state index in [1.807, 2.05) is 22.9 Å². The number of rotatable bonds is 8. The predicted molar refractivity (Wildman–Crippen MR) is 80.9 cm³/mol. The first-order chi connectivity index (χ1) is 9.83. The zero-order valence-electron chi connectivity index (χ0n) is 12.2. The maximum absolute atomic E-state index is 5.74. The van der Waals surface area contributed by atoms with Gasteiger partial charge in [0.15, 0.2) is 0 Å². The number of nitrogens with one attached hydrogen (secondary N) is 1. The first-order valence-electron chi connectivity index (χ1n) is 7.25. The van der Waals surface area contributed by atoms with Gasteiger partial charge in [0.25, 0.3) is 0 Å². The van der Waals surface area contributed by atoms with Crippen molar-refractivity contribution in [2.45, 2.75) is 32.9 Å². The van der Waals surface area contributed by atoms with Gasteiger partial charge in [0.2, 0.25) is 0 Å². The van der Waals surface area contributed by atoms with Gasteiger partial charge in [-0.15, -0.1) is 0 Å². The van der Waals surface area contributed by atoms with Gasteiger partial charge < -0.3 is 14.6 Å². The average molecular weight is 273 g/mol. The number of ether oxygens (including phenoxy) is 1. The van der Waals surface area contributed by atoms with Crippen LogP contribution in [0, 0.1) is 0 Å². The molecule has 0 saturated carbocycles. The Balaban J connectivity index is 1.84. The number of hydrogen-bond donors (Lipinski definition) is 1. The van der Waals surface area contributed by atoms with Crippen LogP contribution >= 0.6 is 0 Å². The molecule has 1 N–H and O–H groups in total. The Labute approximate surface area is 120 Å². The van der Waals surface area contributed by atoms with Crippen LogP contribution in [-0.2, 0) is 6.54 Å². The summed E-state index contributed by atoms with van der Waals surface area (Å²) in [5.41, 5.74) is 1.32. The van der Waals surface area contributed by atoms with Crippen molar-refractivity contribution >= 4 is 0 Å². The fourth-order valence-corrected chi connectivity index (χ4v) is 2.23. The fourth-order valence-electron chi connectivity index (χ4n) is 2.23. The van der Waals surface area contributed by atoms with Gasteiger partial charge in [-0.2, -0.15) is 0 Å². The Morgan fingerprint density at radius 3 is 2.65 bits per heavy atom. The van der Waals surface area contributed by atoms with E-state index in [9.17, 15) is 0 Å². The predicted octanol–water partition coefficient (Wildman–Crippen LogP) is 3.02. The molecule has 2 aromatic rings. The lowest BCUT2D eigenvalue weighted by Gasteiger charge is -2.16. The van der Waals surface area contributed by atoms with Crippen LogP contribution in [0.3, 0.4) is 0 Å². The van der Waals surface area contributed by atoms with Crippen LogP contribution in [0.4, 0.5) is 0 Å². The molecule has 2 rings (SSSR count). The highest BCUT2D eigenvalue weighted by molar-refractivity contribution is 5.29. The van der Waals surface area contributed by atoms with Crippen LogP contribution in [0.15, 0.2) is 43.0 Å². The number of nitrogens with zero attached hydrogens (tertiary/aromatic N) is 2. The second-order valence-corrected chi connectivity index (χ2v) is 4.74. The molecule has 0 bridgehead atoms. The summed E-state index contributed by atoms with van der Waals surface area (Å²) >= 11 is 0. The molecule has 1 heterocycles. The SMILES string of the molecule is CCNC(CC)c1ccc(OCCn2ccnc2)cc1. The second-order valence-electron chi connectivity index (χ2n) is 4.74. The Kier molecular flexibility index (Phi) is 5.62. The van der Waals surface area contributed by atoms with Gasteiger partial charge in [0.05, 0.1) is 12.9 Å². The zero-order chi connectivity index (χ0) is 14.2. The molecular weight excluding hydrogens is 250 g/mol. The zero-order valence-corrected chi connectivity index (χ0v) is 12.2. The molecule has 0 aliphatic heterocycles. The molecule has 0 aliphatic rings. The molecule has 4 nitrogen and oxygen atoms in total. The van der Waals surface area contributed by atoms with Crippen molar-refractivity contribution in [2.75, 3.05) is 13.2 Å². The van der Waals surface area contributed by atoms with Gasteiger partial charge in [-0.05, 0) is 30.7 Å². The molecule has 1 aromatic carbocycles. The molecule has 1 atom stereocenters. The molecule has 0 fully saturated rings. The highest BCUT2D eigenvalue weighted by Gasteiger charge is 2.07. The molecule has 20 heavy (non-hydrogen) atoms. The fraction of sp³-hybridized carbons (Fsp3) is 0.438. The summed E-state index contributed by atoms with van der Waals surface area (Å²) in [5.74, 6) is 0.917. The van der Waals surface area contributed by atoms with E-state index in [0.717, 1.165) is 25.3 Å². The molecule has 1 unspecified atom stereocenters. The Morgan fingerprint density at radius 2 is 2.05 bits per heavy atom. The third-order valence-corrected chi connectivity index (χ3v) is 3.32. The second kappa shape index (κ2) is 7.70. The summed E-state index contributed by atoms with van der Waals surface area (Å²) in [6.07, 6.45) is 6.61. The lowest BCUT2D eigenvalue weighted by atomic mass is 10.0. The third kappa shape index (κ3) is 4.10. The summed E-state index contributed by atoms with van der Waals surface area (Å²) in [6.45, 7) is 6.79. The lowest BCUT2D eigenvalue weighted by Crippen LogP contribution is -2.19. The quantitative estimate of drug-likeness (QED) is 0.803. The summed E-state index contributed by atoms with van der Waals surface area (Å²) in [4.78, 5) is 4.01. The smallest absolute Gasteiger partial charge is 0.119 e. The van der Waals surface area contributed by atoms with Gasteiger partial charge in [0, 0.05) is 18.4 Å². The van der Waals surface area contributed by atoms with Crippen molar-refractivity contribution in [1.82, 2.24) is 14.9 Å². The van der Waals surface area contributed by atoms with Crippen molar-refractivity contribution in [2.24, 2.45) is 0 Å². The monoisotopic (exact) mass is 273 g/mol. The van der Waals surface area contributed by atoms with Gasteiger partial charge in [-0.1, -0.05) is 26.0 Å². The van der Waals surface area contributed by atoms with Gasteiger partial charge in [0.1, 0.15) is 12.4 Å². The Hall–Kier alpha value is -1.81. The van der Waals surface area contributed by atoms with E-state index in [0.29, 0.717) is 12.6 Å². The first kappa shape index (κ1) is 14.6.